The van der Waals surface area contributed by atoms with Crippen LogP contribution in [0.4, 0.5) is 9.41 Å². The molecule has 2 aliphatic rings. The smallest absolute Gasteiger partial charge is 2.00 e. The summed E-state index contributed by atoms with van der Waals surface area (Å²) in [6.45, 7) is 0. The van der Waals surface area contributed by atoms with Crippen LogP contribution in [0.3, 0.4) is 0 Å². The molecule has 0 atom stereocenters. The fourth-order valence-corrected chi connectivity index (χ4v) is 7.09. The summed E-state index contributed by atoms with van der Waals surface area (Å²) in [5, 5.41) is 0. The standard InChI is InChI=1S/2C8H13Ge.2FH.Zr/c2*1-9(2,3)8-6-4-5-7-8;;;/h2*4,6H,5H2,1-3H3;2*1H;/q2*-1;;;+2. The molecule has 0 fully saturated rings. The zero-order valence-corrected chi connectivity index (χ0v) is 20.7. The van der Waals surface area contributed by atoms with E-state index in [0.29, 0.717) is 0 Å². The van der Waals surface area contributed by atoms with Crippen molar-refractivity contribution in [1.29, 1.82) is 0 Å². The Labute approximate surface area is 153 Å². The normalized spacial score (nSPS) is 15.7. The quantitative estimate of drug-likeness (QED) is 0.356. The van der Waals surface area contributed by atoms with Crippen molar-refractivity contribution in [3.8, 4) is 0 Å². The third-order valence-corrected chi connectivity index (χ3v) is 11.2. The molecule has 0 spiro atoms. The Kier molecular flexibility index (Phi) is 14.4. The minimum atomic E-state index is -1.46. The van der Waals surface area contributed by atoms with Crippen LogP contribution in [0.25, 0.3) is 0 Å². The number of hydrogen-bond acceptors (Lipinski definition) is 0. The van der Waals surface area contributed by atoms with E-state index in [1.165, 1.54) is 8.81 Å². The van der Waals surface area contributed by atoms with Gasteiger partial charge in [0.2, 0.25) is 0 Å². The second-order valence-corrected chi connectivity index (χ2v) is 28.0. The van der Waals surface area contributed by atoms with Crippen molar-refractivity contribution >= 4 is 26.5 Å². The van der Waals surface area contributed by atoms with E-state index in [-0.39, 0.29) is 35.6 Å². The Balaban J connectivity index is -0.000000270. The monoisotopic (exact) mass is 496 g/mol. The number of hydrogen-bond donors (Lipinski definition) is 0. The van der Waals surface area contributed by atoms with Crippen molar-refractivity contribution in [3.05, 3.63) is 45.3 Å². The molecular formula is C16H28F2Ge2Zr. The van der Waals surface area contributed by atoms with Gasteiger partial charge in [-0.05, 0) is 0 Å². The fraction of sp³-hybridized carbons (Fsp3) is 0.500. The zero-order chi connectivity index (χ0) is 13.8. The molecule has 0 bridgehead atoms. The van der Waals surface area contributed by atoms with Crippen LogP contribution in [-0.2, 0) is 26.2 Å². The van der Waals surface area contributed by atoms with E-state index < -0.39 is 26.5 Å². The molecule has 118 valence electrons. The van der Waals surface area contributed by atoms with Crippen molar-refractivity contribution < 1.29 is 35.6 Å². The van der Waals surface area contributed by atoms with Gasteiger partial charge in [0, 0.05) is 0 Å². The van der Waals surface area contributed by atoms with E-state index >= 15 is 0 Å². The molecule has 0 heterocycles. The molecule has 0 nitrogen and oxygen atoms in total. The van der Waals surface area contributed by atoms with Crippen LogP contribution in [0.15, 0.2) is 33.1 Å². The molecule has 0 amide bonds. The molecule has 0 saturated heterocycles. The molecule has 2 rings (SSSR count). The van der Waals surface area contributed by atoms with Gasteiger partial charge in [-0.15, -0.1) is 0 Å². The summed E-state index contributed by atoms with van der Waals surface area (Å²) in [5.41, 5.74) is 0. The summed E-state index contributed by atoms with van der Waals surface area (Å²) >= 11 is -2.92. The summed E-state index contributed by atoms with van der Waals surface area (Å²) in [6, 6.07) is 0. The first kappa shape index (κ1) is 26.7. The van der Waals surface area contributed by atoms with Gasteiger partial charge in [-0.25, -0.2) is 0 Å². The van der Waals surface area contributed by atoms with Crippen LogP contribution in [0.2, 0.25) is 34.5 Å². The minimum Gasteiger partial charge on any atom is 2.00 e. The third kappa shape index (κ3) is 10.2. The van der Waals surface area contributed by atoms with E-state index in [9.17, 15) is 0 Å². The molecule has 0 radical (unpaired) electrons. The third-order valence-electron chi connectivity index (χ3n) is 3.01. The first-order valence-electron chi connectivity index (χ1n) is 6.77. The largest absolute Gasteiger partial charge is 2.00 e. The van der Waals surface area contributed by atoms with Gasteiger partial charge in [0.1, 0.15) is 0 Å². The van der Waals surface area contributed by atoms with Crippen molar-refractivity contribution in [3.63, 3.8) is 0 Å². The molecule has 5 heteroatoms. The van der Waals surface area contributed by atoms with E-state index in [1.54, 1.807) is 0 Å². The maximum Gasteiger partial charge on any atom is 2.00 e. The van der Waals surface area contributed by atoms with Crippen molar-refractivity contribution in [2.24, 2.45) is 0 Å². The van der Waals surface area contributed by atoms with Crippen LogP contribution in [0.1, 0.15) is 12.8 Å². The summed E-state index contributed by atoms with van der Waals surface area (Å²) in [5.74, 6) is 14.4. The zero-order valence-electron chi connectivity index (χ0n) is 14.0. The summed E-state index contributed by atoms with van der Waals surface area (Å²) < 4.78 is 3.07. The molecule has 0 aliphatic heterocycles. The fourth-order valence-electron chi connectivity index (χ4n) is 1.84. The van der Waals surface area contributed by atoms with Crippen LogP contribution < -0.4 is 0 Å². The van der Waals surface area contributed by atoms with Crippen LogP contribution in [-0.4, -0.2) is 26.5 Å². The van der Waals surface area contributed by atoms with E-state index in [4.69, 9.17) is 0 Å². The van der Waals surface area contributed by atoms with Crippen molar-refractivity contribution in [2.45, 2.75) is 47.4 Å². The Hall–Kier alpha value is 0.789. The topological polar surface area (TPSA) is 0 Å². The molecule has 2 aliphatic carbocycles. The number of halogens is 2. The minimum absolute atomic E-state index is 0. The number of allylic oxidation sites excluding steroid dienone is 8. The first-order valence-corrected chi connectivity index (χ1v) is 21.5. The Bertz CT molecular complexity index is 371. The van der Waals surface area contributed by atoms with Gasteiger partial charge in [-0.2, -0.15) is 0 Å². The average molecular weight is 495 g/mol. The Morgan fingerprint density at radius 3 is 1.10 bits per heavy atom. The molecule has 0 saturated carbocycles. The van der Waals surface area contributed by atoms with Crippen molar-refractivity contribution in [1.82, 2.24) is 0 Å². The van der Waals surface area contributed by atoms with Crippen LogP contribution in [0, 0.1) is 12.2 Å². The van der Waals surface area contributed by atoms with Crippen LogP contribution in [0.5, 0.6) is 0 Å². The maximum atomic E-state index is 3.39. The molecule has 0 aromatic carbocycles. The van der Waals surface area contributed by atoms with Gasteiger partial charge in [-0.3, -0.25) is 9.41 Å². The van der Waals surface area contributed by atoms with Gasteiger partial charge >= 0.3 is 145 Å². The van der Waals surface area contributed by atoms with Gasteiger partial charge in [0.05, 0.1) is 0 Å². The first-order chi connectivity index (χ1) is 8.21. The summed E-state index contributed by atoms with van der Waals surface area (Å²) in [7, 11) is 0. The van der Waals surface area contributed by atoms with E-state index in [0.717, 1.165) is 12.8 Å². The maximum absolute atomic E-state index is 3.39. The van der Waals surface area contributed by atoms with E-state index in [2.05, 4.69) is 71.0 Å². The second kappa shape index (κ2) is 11.3. The molecule has 0 unspecified atom stereocenters. The Morgan fingerprint density at radius 1 is 0.714 bits per heavy atom. The van der Waals surface area contributed by atoms with E-state index in [1.807, 2.05) is 0 Å². The molecule has 0 aromatic rings. The molecular weight excluding hydrogens is 467 g/mol. The van der Waals surface area contributed by atoms with Crippen LogP contribution >= 0.6 is 0 Å². The summed E-state index contributed by atoms with van der Waals surface area (Å²) in [6.07, 6.45) is 17.8. The predicted molar refractivity (Wildman–Crippen MR) is 92.7 cm³/mol. The predicted octanol–water partition coefficient (Wildman–Crippen LogP) is 5.41. The molecule has 21 heavy (non-hydrogen) atoms. The van der Waals surface area contributed by atoms with Gasteiger partial charge < -0.3 is 0 Å². The van der Waals surface area contributed by atoms with Crippen molar-refractivity contribution in [2.75, 3.05) is 0 Å². The van der Waals surface area contributed by atoms with Gasteiger partial charge in [-0.1, -0.05) is 0 Å². The molecule has 0 aromatic heterocycles. The molecule has 0 N–H and O–H groups in total. The SMILES string of the molecule is F.F.[CH3][Ge]([CH3])([CH3])[C]1=[C-]CC=C1.[CH3][Ge]([CH3])([CH3])[C]1=[C-]CC=C1.[Zr+2]. The second-order valence-electron chi connectivity index (χ2n) is 6.89. The van der Waals surface area contributed by atoms with Gasteiger partial charge in [0.25, 0.3) is 0 Å². The average Bonchev–Trinajstić information content (AvgIpc) is 2.91. The Morgan fingerprint density at radius 2 is 1.00 bits per heavy atom. The summed E-state index contributed by atoms with van der Waals surface area (Å²) in [4.78, 5) is 0. The number of rotatable bonds is 2. The van der Waals surface area contributed by atoms with Gasteiger partial charge in [0.15, 0.2) is 0 Å².